The van der Waals surface area contributed by atoms with Crippen LogP contribution in [0.3, 0.4) is 0 Å². The first-order chi connectivity index (χ1) is 23.1. The summed E-state index contributed by atoms with van der Waals surface area (Å²) in [6.07, 6.45) is 6.98. The molecule has 1 aliphatic rings. The minimum atomic E-state index is 0. The SMILES string of the molecule is Cc1cc(C)c(-n2ccnc2-c2[c-]cccc2)c(C)c1.Cc1cc2nc3c4[c-]ccc(C(C)(C)C)c4ncn3c2c2c1C(C)(C)CC2(C)C.[Ir]. The predicted molar refractivity (Wildman–Crippen MR) is 203 cm³/mol. The molecule has 0 N–H and O–H groups in total. The number of fused-ring (bicyclic) bond motifs is 7. The number of benzene rings is 4. The molecule has 8 rings (SSSR count). The van der Waals surface area contributed by atoms with Gasteiger partial charge in [0.05, 0.1) is 28.8 Å². The average molecular weight is 838 g/mol. The summed E-state index contributed by atoms with van der Waals surface area (Å²) in [5, 5.41) is 1.01. The Hall–Kier alpha value is -4.12. The van der Waals surface area contributed by atoms with E-state index in [0.29, 0.717) is 0 Å². The van der Waals surface area contributed by atoms with E-state index in [4.69, 9.17) is 9.97 Å². The van der Waals surface area contributed by atoms with Crippen molar-refractivity contribution >= 4 is 27.6 Å². The molecule has 50 heavy (non-hydrogen) atoms. The first-order valence-electron chi connectivity index (χ1n) is 17.3. The molecule has 259 valence electrons. The molecular formula is C44H47IrN5-2. The maximum atomic E-state index is 5.11. The molecule has 0 aliphatic heterocycles. The van der Waals surface area contributed by atoms with E-state index in [1.807, 2.05) is 49.1 Å². The molecule has 3 heterocycles. The Kier molecular flexibility index (Phi) is 8.98. The smallest absolute Gasteiger partial charge is 0.0821 e. The molecule has 0 fully saturated rings. The van der Waals surface area contributed by atoms with Gasteiger partial charge in [0.15, 0.2) is 0 Å². The van der Waals surface area contributed by atoms with E-state index in [0.717, 1.165) is 39.9 Å². The third kappa shape index (κ3) is 5.91. The van der Waals surface area contributed by atoms with Crippen LogP contribution in [0.4, 0.5) is 0 Å². The molecule has 6 heteroatoms. The number of aryl methyl sites for hydroxylation is 4. The van der Waals surface area contributed by atoms with Gasteiger partial charge in [0.2, 0.25) is 0 Å². The number of hydrogen-bond acceptors (Lipinski definition) is 3. The van der Waals surface area contributed by atoms with Crippen molar-refractivity contribution in [3.8, 4) is 17.1 Å². The Morgan fingerprint density at radius 2 is 1.50 bits per heavy atom. The van der Waals surface area contributed by atoms with E-state index in [-0.39, 0.29) is 36.4 Å². The van der Waals surface area contributed by atoms with Crippen molar-refractivity contribution in [3.63, 3.8) is 0 Å². The van der Waals surface area contributed by atoms with Crippen LogP contribution in [-0.4, -0.2) is 23.9 Å². The zero-order valence-electron chi connectivity index (χ0n) is 31.2. The van der Waals surface area contributed by atoms with Crippen LogP contribution in [0.2, 0.25) is 0 Å². The molecule has 0 saturated carbocycles. The predicted octanol–water partition coefficient (Wildman–Crippen LogP) is 10.7. The maximum absolute atomic E-state index is 5.11. The van der Waals surface area contributed by atoms with Crippen LogP contribution in [0.1, 0.15) is 93.8 Å². The number of rotatable bonds is 2. The Morgan fingerprint density at radius 3 is 2.16 bits per heavy atom. The van der Waals surface area contributed by atoms with Crippen molar-refractivity contribution in [3.05, 3.63) is 124 Å². The van der Waals surface area contributed by atoms with E-state index >= 15 is 0 Å². The number of aromatic nitrogens is 5. The molecule has 0 spiro atoms. The first-order valence-corrected chi connectivity index (χ1v) is 17.3. The van der Waals surface area contributed by atoms with Gasteiger partial charge < -0.3 is 8.97 Å². The van der Waals surface area contributed by atoms with Crippen molar-refractivity contribution in [2.75, 3.05) is 0 Å². The topological polar surface area (TPSA) is 48.0 Å². The summed E-state index contributed by atoms with van der Waals surface area (Å²) in [5.41, 5.74) is 16.1. The fourth-order valence-corrected chi connectivity index (χ4v) is 8.78. The van der Waals surface area contributed by atoms with Crippen LogP contribution in [-0.2, 0) is 36.4 Å². The van der Waals surface area contributed by atoms with Crippen LogP contribution in [0.25, 0.3) is 44.7 Å². The minimum Gasteiger partial charge on any atom is -0.340 e. The van der Waals surface area contributed by atoms with Crippen molar-refractivity contribution < 1.29 is 20.1 Å². The fraction of sp³-hybridized carbons (Fsp3) is 0.341. The van der Waals surface area contributed by atoms with Crippen LogP contribution >= 0.6 is 0 Å². The van der Waals surface area contributed by atoms with Crippen LogP contribution in [0, 0.1) is 39.8 Å². The maximum Gasteiger partial charge on any atom is 0.0821 e. The summed E-state index contributed by atoms with van der Waals surface area (Å²) in [7, 11) is 0. The van der Waals surface area contributed by atoms with E-state index in [1.54, 1.807) is 0 Å². The summed E-state index contributed by atoms with van der Waals surface area (Å²) in [4.78, 5) is 14.5. The molecule has 4 aromatic carbocycles. The molecule has 0 bridgehead atoms. The van der Waals surface area contributed by atoms with E-state index in [9.17, 15) is 0 Å². The van der Waals surface area contributed by atoms with Gasteiger partial charge in [-0.3, -0.25) is 15.0 Å². The zero-order chi connectivity index (χ0) is 35.0. The van der Waals surface area contributed by atoms with Gasteiger partial charge in [-0.25, -0.2) is 0 Å². The van der Waals surface area contributed by atoms with Gasteiger partial charge in [-0.1, -0.05) is 77.1 Å². The summed E-state index contributed by atoms with van der Waals surface area (Å²) >= 11 is 0. The minimum absolute atomic E-state index is 0. The van der Waals surface area contributed by atoms with Gasteiger partial charge in [0.1, 0.15) is 0 Å². The Morgan fingerprint density at radius 1 is 0.800 bits per heavy atom. The molecule has 0 unspecified atom stereocenters. The van der Waals surface area contributed by atoms with Crippen molar-refractivity contribution in [1.82, 2.24) is 23.9 Å². The van der Waals surface area contributed by atoms with Crippen molar-refractivity contribution in [2.45, 2.75) is 98.8 Å². The van der Waals surface area contributed by atoms with Crippen LogP contribution < -0.4 is 0 Å². The molecule has 7 aromatic rings. The van der Waals surface area contributed by atoms with E-state index < -0.39 is 0 Å². The van der Waals surface area contributed by atoms with Crippen molar-refractivity contribution in [1.29, 1.82) is 0 Å². The molecule has 0 amide bonds. The van der Waals surface area contributed by atoms with Crippen LogP contribution in [0.5, 0.6) is 0 Å². The average Bonchev–Trinajstić information content (AvgIpc) is 3.69. The molecule has 1 radical (unpaired) electrons. The van der Waals surface area contributed by atoms with E-state index in [1.165, 1.54) is 50.1 Å². The summed E-state index contributed by atoms with van der Waals surface area (Å²) in [6, 6.07) is 25.5. The number of imidazole rings is 2. The number of nitrogens with zero attached hydrogens (tertiary/aromatic N) is 5. The molecular weight excluding hydrogens is 791 g/mol. The second kappa shape index (κ2) is 12.6. The summed E-state index contributed by atoms with van der Waals surface area (Å²) < 4.78 is 4.36. The molecule has 0 saturated heterocycles. The Bertz CT molecular complexity index is 2360. The molecule has 1 aliphatic carbocycles. The van der Waals surface area contributed by atoms with Crippen LogP contribution in [0.15, 0.2) is 73.3 Å². The fourth-order valence-electron chi connectivity index (χ4n) is 8.78. The largest absolute Gasteiger partial charge is 0.340 e. The Balaban J connectivity index is 0.000000181. The van der Waals surface area contributed by atoms with E-state index in [2.05, 4.69) is 127 Å². The summed E-state index contributed by atoms with van der Waals surface area (Å²) in [5.74, 6) is 0.931. The third-order valence-electron chi connectivity index (χ3n) is 10.2. The van der Waals surface area contributed by atoms with Gasteiger partial charge in [0.25, 0.3) is 0 Å². The first kappa shape index (κ1) is 35.7. The number of hydrogen-bond donors (Lipinski definition) is 0. The van der Waals surface area contributed by atoms with Gasteiger partial charge >= 0.3 is 0 Å². The second-order valence-electron chi connectivity index (χ2n) is 16.3. The molecule has 3 aromatic heterocycles. The van der Waals surface area contributed by atoms with Crippen molar-refractivity contribution in [2.24, 2.45) is 0 Å². The normalized spacial score (nSPS) is 14.8. The van der Waals surface area contributed by atoms with Gasteiger partial charge in [-0.2, -0.15) is 0 Å². The summed E-state index contributed by atoms with van der Waals surface area (Å²) in [6.45, 7) is 24.9. The monoisotopic (exact) mass is 838 g/mol. The Labute approximate surface area is 310 Å². The van der Waals surface area contributed by atoms with Gasteiger partial charge in [0, 0.05) is 38.2 Å². The molecule has 5 nitrogen and oxygen atoms in total. The second-order valence-corrected chi connectivity index (χ2v) is 16.3. The third-order valence-corrected chi connectivity index (χ3v) is 10.2. The van der Waals surface area contributed by atoms with Gasteiger partial charge in [-0.15, -0.1) is 54.1 Å². The zero-order valence-corrected chi connectivity index (χ0v) is 33.6. The standard InChI is InChI=1S/C26H30N3.C18H17N2.Ir/c1-15-12-18-22(20-19(15)25(5,6)13-26(20,7)8)29-14-27-21-16(23(29)28-18)10-9-11-17(21)24(2,3)4;1-13-11-14(2)17(15(3)12-13)20-10-9-19-18(20)16-7-5-4-6-8-16;/h9,11-12,14H,13H2,1-8H3;4-7,9-12H,1-3H3;/q2*-1;. The quantitative estimate of drug-likeness (QED) is 0.163. The molecule has 0 atom stereocenters. The van der Waals surface area contributed by atoms with Gasteiger partial charge in [-0.05, 0) is 89.8 Å².